The number of aliphatic carboxylic acids is 1. The van der Waals surface area contributed by atoms with Gasteiger partial charge in [-0.3, -0.25) is 9.59 Å². The van der Waals surface area contributed by atoms with Gasteiger partial charge in [0.1, 0.15) is 19.8 Å². The van der Waals surface area contributed by atoms with Crippen LogP contribution in [0.15, 0.2) is 23.1 Å². The van der Waals surface area contributed by atoms with Gasteiger partial charge in [0.2, 0.25) is 5.91 Å². The Balaban J connectivity index is 2.04. The lowest BCUT2D eigenvalue weighted by atomic mass is 10.3. The molecule has 0 radical (unpaired) electrons. The molecule has 1 aliphatic heterocycles. The molecule has 126 valence electrons. The molecule has 0 fully saturated rings. The van der Waals surface area contributed by atoms with Crippen LogP contribution in [0.1, 0.15) is 6.42 Å². The van der Waals surface area contributed by atoms with Crippen molar-refractivity contribution < 1.29 is 32.6 Å². The average Bonchev–Trinajstić information content (AvgIpc) is 2.51. The topological polar surface area (TPSA) is 110 Å². The van der Waals surface area contributed by atoms with Gasteiger partial charge in [0, 0.05) is 19.5 Å². The lowest BCUT2D eigenvalue weighted by molar-refractivity contribution is -0.143. The summed E-state index contributed by atoms with van der Waals surface area (Å²) in [5, 5.41) is 8.61. The second-order valence-electron chi connectivity index (χ2n) is 5.02. The fourth-order valence-electron chi connectivity index (χ4n) is 2.04. The summed E-state index contributed by atoms with van der Waals surface area (Å²) in [6.45, 7) is 0.279. The Hall–Kier alpha value is -2.29. The molecule has 1 aromatic rings. The zero-order valence-corrected chi connectivity index (χ0v) is 13.3. The first-order valence-electron chi connectivity index (χ1n) is 6.88. The number of ether oxygens (including phenoxy) is 2. The highest BCUT2D eigenvalue weighted by molar-refractivity contribution is 7.91. The highest BCUT2D eigenvalue weighted by atomic mass is 32.2. The Morgan fingerprint density at radius 3 is 2.52 bits per heavy atom. The zero-order chi connectivity index (χ0) is 17.0. The van der Waals surface area contributed by atoms with Gasteiger partial charge in [0.25, 0.3) is 0 Å². The summed E-state index contributed by atoms with van der Waals surface area (Å²) in [5.74, 6) is -1.28. The van der Waals surface area contributed by atoms with E-state index in [9.17, 15) is 18.0 Å². The molecule has 2 rings (SSSR count). The molecule has 9 heteroatoms. The first-order chi connectivity index (χ1) is 10.8. The first kappa shape index (κ1) is 17.1. The van der Waals surface area contributed by atoms with E-state index in [0.717, 1.165) is 4.90 Å². The summed E-state index contributed by atoms with van der Waals surface area (Å²) >= 11 is 0. The van der Waals surface area contributed by atoms with Gasteiger partial charge in [-0.2, -0.15) is 0 Å². The molecule has 1 aliphatic rings. The van der Waals surface area contributed by atoms with Gasteiger partial charge in [-0.05, 0) is 12.1 Å². The van der Waals surface area contributed by atoms with Gasteiger partial charge in [-0.15, -0.1) is 0 Å². The second-order valence-corrected chi connectivity index (χ2v) is 7.13. The largest absolute Gasteiger partial charge is 0.486 e. The Bertz CT molecular complexity index is 714. The number of carbonyl (C=O) groups is 2. The maximum absolute atomic E-state index is 12.3. The van der Waals surface area contributed by atoms with Gasteiger partial charge in [-0.1, -0.05) is 0 Å². The highest BCUT2D eigenvalue weighted by Gasteiger charge is 2.22. The van der Waals surface area contributed by atoms with Gasteiger partial charge in [-0.25, -0.2) is 8.42 Å². The number of fused-ring (bicyclic) bond motifs is 1. The third-order valence-electron chi connectivity index (χ3n) is 3.26. The van der Waals surface area contributed by atoms with E-state index < -0.39 is 34.0 Å². The normalized spacial score (nSPS) is 13.4. The Morgan fingerprint density at radius 2 is 1.87 bits per heavy atom. The van der Waals surface area contributed by atoms with Crippen molar-refractivity contribution in [3.8, 4) is 11.5 Å². The fourth-order valence-corrected chi connectivity index (χ4v) is 3.28. The molecule has 0 saturated carbocycles. The third kappa shape index (κ3) is 4.35. The predicted molar refractivity (Wildman–Crippen MR) is 79.4 cm³/mol. The summed E-state index contributed by atoms with van der Waals surface area (Å²) < 4.78 is 35.2. The number of carboxylic acid groups (broad SMARTS) is 1. The van der Waals surface area contributed by atoms with Gasteiger partial charge < -0.3 is 19.5 Å². The van der Waals surface area contributed by atoms with Crippen molar-refractivity contribution in [1.82, 2.24) is 4.90 Å². The number of carboxylic acids is 1. The van der Waals surface area contributed by atoms with E-state index in [1.807, 2.05) is 0 Å². The fraction of sp³-hybridized carbons (Fsp3) is 0.429. The summed E-state index contributed by atoms with van der Waals surface area (Å²) in [6, 6.07) is 4.28. The van der Waals surface area contributed by atoms with Crippen LogP contribution in [0.4, 0.5) is 0 Å². The van der Waals surface area contributed by atoms with E-state index in [1.54, 1.807) is 0 Å². The second kappa shape index (κ2) is 6.86. The number of benzene rings is 1. The van der Waals surface area contributed by atoms with Gasteiger partial charge >= 0.3 is 5.97 Å². The van der Waals surface area contributed by atoms with Crippen LogP contribution in [0.5, 0.6) is 11.5 Å². The van der Waals surface area contributed by atoms with E-state index in [4.69, 9.17) is 14.6 Å². The molecule has 0 aliphatic carbocycles. The van der Waals surface area contributed by atoms with Crippen molar-refractivity contribution in [2.24, 2.45) is 0 Å². The Kier molecular flexibility index (Phi) is 5.09. The molecule has 8 nitrogen and oxygen atoms in total. The van der Waals surface area contributed by atoms with Gasteiger partial charge in [0.05, 0.1) is 10.6 Å². The number of rotatable bonds is 6. The molecule has 0 unspecified atom stereocenters. The highest BCUT2D eigenvalue weighted by Crippen LogP contribution is 2.32. The van der Waals surface area contributed by atoms with E-state index in [0.29, 0.717) is 24.7 Å². The first-order valence-corrected chi connectivity index (χ1v) is 8.53. The SMILES string of the molecule is CN(CC(=O)O)C(=O)CCS(=O)(=O)c1ccc2c(c1)OCCO2. The summed E-state index contributed by atoms with van der Waals surface area (Å²) in [6.07, 6.45) is -0.291. The molecule has 0 saturated heterocycles. The summed E-state index contributed by atoms with van der Waals surface area (Å²) in [7, 11) is -2.37. The van der Waals surface area contributed by atoms with Crippen molar-refractivity contribution in [3.05, 3.63) is 18.2 Å². The van der Waals surface area contributed by atoms with Crippen molar-refractivity contribution in [3.63, 3.8) is 0 Å². The number of hydrogen-bond donors (Lipinski definition) is 1. The summed E-state index contributed by atoms with van der Waals surface area (Å²) in [5.41, 5.74) is 0. The van der Waals surface area contributed by atoms with Crippen LogP contribution in [0.3, 0.4) is 0 Å². The van der Waals surface area contributed by atoms with E-state index in [2.05, 4.69) is 0 Å². The maximum Gasteiger partial charge on any atom is 0.323 e. The Labute approximate surface area is 133 Å². The van der Waals surface area contributed by atoms with Crippen LogP contribution < -0.4 is 9.47 Å². The molecule has 1 N–H and O–H groups in total. The minimum Gasteiger partial charge on any atom is -0.486 e. The van der Waals surface area contributed by atoms with Crippen LogP contribution in [0.2, 0.25) is 0 Å². The number of nitrogens with zero attached hydrogens (tertiary/aromatic N) is 1. The van der Waals surface area contributed by atoms with Crippen LogP contribution in [0, 0.1) is 0 Å². The number of likely N-dealkylation sites (N-methyl/N-ethyl adjacent to an activating group) is 1. The summed E-state index contributed by atoms with van der Waals surface area (Å²) in [4.78, 5) is 23.3. The molecule has 1 aromatic carbocycles. The number of carbonyl (C=O) groups excluding carboxylic acids is 1. The van der Waals surface area contributed by atoms with E-state index >= 15 is 0 Å². The molecule has 0 aromatic heterocycles. The van der Waals surface area contributed by atoms with E-state index in [-0.39, 0.29) is 11.3 Å². The molecule has 1 amide bonds. The number of sulfone groups is 1. The van der Waals surface area contributed by atoms with Crippen molar-refractivity contribution >= 4 is 21.7 Å². The molecule has 0 atom stereocenters. The smallest absolute Gasteiger partial charge is 0.323 e. The third-order valence-corrected chi connectivity index (χ3v) is 4.97. The van der Waals surface area contributed by atoms with Crippen molar-refractivity contribution in [1.29, 1.82) is 0 Å². The van der Waals surface area contributed by atoms with Crippen molar-refractivity contribution in [2.45, 2.75) is 11.3 Å². The van der Waals surface area contributed by atoms with Crippen LogP contribution in [-0.2, 0) is 19.4 Å². The van der Waals surface area contributed by atoms with Crippen LogP contribution in [-0.4, -0.2) is 62.9 Å². The minimum atomic E-state index is -3.68. The average molecular weight is 343 g/mol. The van der Waals surface area contributed by atoms with E-state index in [1.165, 1.54) is 25.2 Å². The molecule has 0 spiro atoms. The monoisotopic (exact) mass is 343 g/mol. The molecule has 1 heterocycles. The maximum atomic E-state index is 12.3. The lowest BCUT2D eigenvalue weighted by Gasteiger charge is -2.19. The standard InChI is InChI=1S/C14H17NO7S/c1-15(9-14(17)18)13(16)4-7-23(19,20)10-2-3-11-12(8-10)22-6-5-21-11/h2-3,8H,4-7,9H2,1H3,(H,17,18). The minimum absolute atomic E-state index is 0.0374. The quantitative estimate of drug-likeness (QED) is 0.783. The van der Waals surface area contributed by atoms with Crippen LogP contribution in [0.25, 0.3) is 0 Å². The lowest BCUT2D eigenvalue weighted by Crippen LogP contribution is -2.33. The van der Waals surface area contributed by atoms with Crippen LogP contribution >= 0.6 is 0 Å². The molecular formula is C14H17NO7S. The number of hydrogen-bond acceptors (Lipinski definition) is 6. The molecular weight excluding hydrogens is 326 g/mol. The molecule has 0 bridgehead atoms. The zero-order valence-electron chi connectivity index (χ0n) is 12.5. The predicted octanol–water partition coefficient (Wildman–Crippen LogP) is 0.165. The van der Waals surface area contributed by atoms with Crippen molar-refractivity contribution in [2.75, 3.05) is 32.6 Å². The van der Waals surface area contributed by atoms with Gasteiger partial charge in [0.15, 0.2) is 21.3 Å². The molecule has 23 heavy (non-hydrogen) atoms. The number of amides is 1. The Morgan fingerprint density at radius 1 is 1.22 bits per heavy atom.